The maximum absolute atomic E-state index is 13.3. The van der Waals surface area contributed by atoms with Crippen LogP contribution in [0.3, 0.4) is 0 Å². The van der Waals surface area contributed by atoms with Gasteiger partial charge in [0, 0.05) is 25.1 Å². The lowest BCUT2D eigenvalue weighted by Crippen LogP contribution is -2.36. The van der Waals surface area contributed by atoms with Crippen LogP contribution in [0.15, 0.2) is 22.7 Å². The molecular formula is C14H21BrFNO. The van der Waals surface area contributed by atoms with Gasteiger partial charge in [0.2, 0.25) is 0 Å². The standard InChI is InChI=1S/C14H21BrFNO/c1-3-14(4-2,10-18)9-17-8-11-5-6-12(15)13(16)7-11/h5-7,17-18H,3-4,8-10H2,1-2H3. The van der Waals surface area contributed by atoms with E-state index in [4.69, 9.17) is 0 Å². The molecule has 18 heavy (non-hydrogen) atoms. The van der Waals surface area contributed by atoms with Crippen molar-refractivity contribution < 1.29 is 9.50 Å². The van der Waals surface area contributed by atoms with Crippen LogP contribution in [0.25, 0.3) is 0 Å². The molecule has 0 aliphatic carbocycles. The van der Waals surface area contributed by atoms with Gasteiger partial charge in [0.1, 0.15) is 5.82 Å². The zero-order valence-corrected chi connectivity index (χ0v) is 12.6. The summed E-state index contributed by atoms with van der Waals surface area (Å²) in [6.45, 7) is 5.71. The summed E-state index contributed by atoms with van der Waals surface area (Å²) < 4.78 is 13.8. The Labute approximate surface area is 117 Å². The Balaban J connectivity index is 2.52. The maximum atomic E-state index is 13.3. The molecule has 0 unspecified atom stereocenters. The van der Waals surface area contributed by atoms with E-state index in [2.05, 4.69) is 35.1 Å². The zero-order valence-electron chi connectivity index (χ0n) is 11.0. The third-order valence-corrected chi connectivity index (χ3v) is 4.29. The van der Waals surface area contributed by atoms with Gasteiger partial charge in [-0.1, -0.05) is 19.9 Å². The highest BCUT2D eigenvalue weighted by molar-refractivity contribution is 9.10. The molecule has 0 atom stereocenters. The van der Waals surface area contributed by atoms with Crippen molar-refractivity contribution in [1.82, 2.24) is 5.32 Å². The van der Waals surface area contributed by atoms with Crippen LogP contribution in [-0.4, -0.2) is 18.3 Å². The smallest absolute Gasteiger partial charge is 0.137 e. The number of aliphatic hydroxyl groups excluding tert-OH is 1. The number of rotatable bonds is 7. The number of aliphatic hydroxyl groups is 1. The maximum Gasteiger partial charge on any atom is 0.137 e. The highest BCUT2D eigenvalue weighted by Crippen LogP contribution is 2.24. The molecule has 0 aliphatic heterocycles. The number of halogens is 2. The number of hydrogen-bond donors (Lipinski definition) is 2. The first-order valence-electron chi connectivity index (χ1n) is 6.32. The molecule has 2 N–H and O–H groups in total. The number of nitrogens with one attached hydrogen (secondary N) is 1. The first-order valence-corrected chi connectivity index (χ1v) is 7.11. The Bertz CT molecular complexity index is 372. The summed E-state index contributed by atoms with van der Waals surface area (Å²) in [7, 11) is 0. The summed E-state index contributed by atoms with van der Waals surface area (Å²) in [5, 5.41) is 12.7. The van der Waals surface area contributed by atoms with Crippen LogP contribution in [-0.2, 0) is 6.54 Å². The molecule has 0 aromatic heterocycles. The molecular weight excluding hydrogens is 297 g/mol. The first kappa shape index (κ1) is 15.6. The van der Waals surface area contributed by atoms with Gasteiger partial charge in [0.25, 0.3) is 0 Å². The van der Waals surface area contributed by atoms with E-state index < -0.39 is 0 Å². The summed E-state index contributed by atoms with van der Waals surface area (Å²) in [5.74, 6) is -0.242. The largest absolute Gasteiger partial charge is 0.396 e. The molecule has 4 heteroatoms. The number of hydrogen-bond acceptors (Lipinski definition) is 2. The van der Waals surface area contributed by atoms with E-state index in [1.54, 1.807) is 6.07 Å². The van der Waals surface area contributed by atoms with Crippen LogP contribution < -0.4 is 5.32 Å². The van der Waals surface area contributed by atoms with Crippen LogP contribution in [0.1, 0.15) is 32.3 Å². The fraction of sp³-hybridized carbons (Fsp3) is 0.571. The van der Waals surface area contributed by atoms with Crippen LogP contribution in [0.4, 0.5) is 4.39 Å². The summed E-state index contributed by atoms with van der Waals surface area (Å²) in [6.07, 6.45) is 1.86. The third kappa shape index (κ3) is 4.04. The van der Waals surface area contributed by atoms with Crippen molar-refractivity contribution in [2.45, 2.75) is 33.2 Å². The van der Waals surface area contributed by atoms with Gasteiger partial charge in [0.15, 0.2) is 0 Å². The van der Waals surface area contributed by atoms with Crippen molar-refractivity contribution in [3.63, 3.8) is 0 Å². The van der Waals surface area contributed by atoms with Gasteiger partial charge in [-0.15, -0.1) is 0 Å². The molecule has 0 aliphatic rings. The van der Waals surface area contributed by atoms with Crippen molar-refractivity contribution in [2.24, 2.45) is 5.41 Å². The summed E-state index contributed by atoms with van der Waals surface area (Å²) in [6, 6.07) is 5.12. The number of benzene rings is 1. The van der Waals surface area contributed by atoms with E-state index in [1.807, 2.05) is 6.07 Å². The van der Waals surface area contributed by atoms with Gasteiger partial charge < -0.3 is 10.4 Å². The average Bonchev–Trinajstić information content (AvgIpc) is 2.39. The highest BCUT2D eigenvalue weighted by atomic mass is 79.9. The van der Waals surface area contributed by atoms with Gasteiger partial charge in [-0.3, -0.25) is 0 Å². The first-order chi connectivity index (χ1) is 8.56. The Morgan fingerprint density at radius 1 is 1.33 bits per heavy atom. The summed E-state index contributed by atoms with van der Waals surface area (Å²) in [4.78, 5) is 0. The van der Waals surface area contributed by atoms with Gasteiger partial charge >= 0.3 is 0 Å². The average molecular weight is 318 g/mol. The highest BCUT2D eigenvalue weighted by Gasteiger charge is 2.24. The van der Waals surface area contributed by atoms with E-state index >= 15 is 0 Å². The molecule has 2 nitrogen and oxygen atoms in total. The van der Waals surface area contributed by atoms with Crippen molar-refractivity contribution >= 4 is 15.9 Å². The Hall–Kier alpha value is -0.450. The molecule has 0 bridgehead atoms. The fourth-order valence-electron chi connectivity index (χ4n) is 1.90. The minimum absolute atomic E-state index is 0.0616. The van der Waals surface area contributed by atoms with E-state index in [9.17, 15) is 9.50 Å². The van der Waals surface area contributed by atoms with Crippen molar-refractivity contribution in [3.8, 4) is 0 Å². The van der Waals surface area contributed by atoms with E-state index in [0.29, 0.717) is 11.0 Å². The van der Waals surface area contributed by atoms with Gasteiger partial charge in [-0.2, -0.15) is 0 Å². The van der Waals surface area contributed by atoms with Gasteiger partial charge in [0.05, 0.1) is 4.47 Å². The van der Waals surface area contributed by atoms with Crippen molar-refractivity contribution in [3.05, 3.63) is 34.1 Å². The quantitative estimate of drug-likeness (QED) is 0.807. The third-order valence-electron chi connectivity index (χ3n) is 3.65. The minimum Gasteiger partial charge on any atom is -0.396 e. The zero-order chi connectivity index (χ0) is 13.6. The molecule has 0 fully saturated rings. The van der Waals surface area contributed by atoms with Crippen LogP contribution >= 0.6 is 15.9 Å². The molecule has 0 saturated carbocycles. The van der Waals surface area contributed by atoms with Crippen LogP contribution in [0.5, 0.6) is 0 Å². The van der Waals surface area contributed by atoms with Crippen molar-refractivity contribution in [1.29, 1.82) is 0 Å². The van der Waals surface area contributed by atoms with Crippen LogP contribution in [0, 0.1) is 11.2 Å². The van der Waals surface area contributed by atoms with E-state index in [0.717, 1.165) is 24.9 Å². The summed E-state index contributed by atoms with van der Waals surface area (Å²) >= 11 is 3.13. The molecule has 102 valence electrons. The van der Waals surface area contributed by atoms with E-state index in [1.165, 1.54) is 6.07 Å². The predicted molar refractivity (Wildman–Crippen MR) is 75.9 cm³/mol. The second kappa shape index (κ2) is 7.22. The lowest BCUT2D eigenvalue weighted by atomic mass is 9.83. The lowest BCUT2D eigenvalue weighted by Gasteiger charge is -2.29. The fourth-order valence-corrected chi connectivity index (χ4v) is 2.15. The molecule has 1 aromatic rings. The summed E-state index contributed by atoms with van der Waals surface area (Å²) in [5.41, 5.74) is 0.850. The SMILES string of the molecule is CCC(CC)(CO)CNCc1ccc(Br)c(F)c1. The molecule has 1 aromatic carbocycles. The van der Waals surface area contributed by atoms with Gasteiger partial charge in [-0.25, -0.2) is 4.39 Å². The van der Waals surface area contributed by atoms with Gasteiger partial charge in [-0.05, 0) is 46.5 Å². The van der Waals surface area contributed by atoms with Crippen LogP contribution in [0.2, 0.25) is 0 Å². The molecule has 0 spiro atoms. The Morgan fingerprint density at radius 3 is 2.50 bits per heavy atom. The monoisotopic (exact) mass is 317 g/mol. The predicted octanol–water partition coefficient (Wildman–Crippen LogP) is 3.48. The topological polar surface area (TPSA) is 32.3 Å². The normalized spacial score (nSPS) is 11.8. The second-order valence-electron chi connectivity index (χ2n) is 4.72. The molecule has 0 amide bonds. The molecule has 1 rings (SSSR count). The molecule has 0 radical (unpaired) electrons. The molecule has 0 saturated heterocycles. The lowest BCUT2D eigenvalue weighted by molar-refractivity contribution is 0.113. The molecule has 0 heterocycles. The second-order valence-corrected chi connectivity index (χ2v) is 5.57. The van der Waals surface area contributed by atoms with Crippen molar-refractivity contribution in [2.75, 3.05) is 13.2 Å². The minimum atomic E-state index is -0.242. The Kier molecular flexibility index (Phi) is 6.26. The van der Waals surface area contributed by atoms with E-state index in [-0.39, 0.29) is 17.8 Å². The Morgan fingerprint density at radius 2 is 2.00 bits per heavy atom.